The van der Waals surface area contributed by atoms with Crippen LogP contribution in [0, 0.1) is 0 Å². The molecule has 13 heavy (non-hydrogen) atoms. The minimum Gasteiger partial charge on any atom is -0.366 e. The number of amides is 1. The lowest BCUT2D eigenvalue weighted by Gasteiger charge is -2.03. The van der Waals surface area contributed by atoms with Gasteiger partial charge in [-0.1, -0.05) is 0 Å². The highest BCUT2D eigenvalue weighted by molar-refractivity contribution is 5.93. The SMILES string of the molecule is NCCCc1ncccc1C(N)=O. The number of hydrogen-bond acceptors (Lipinski definition) is 3. The summed E-state index contributed by atoms with van der Waals surface area (Å²) in [5.41, 5.74) is 11.8. The van der Waals surface area contributed by atoms with Gasteiger partial charge in [0.25, 0.3) is 5.91 Å². The number of pyridine rings is 1. The molecule has 0 fully saturated rings. The van der Waals surface area contributed by atoms with Crippen molar-refractivity contribution in [2.24, 2.45) is 11.5 Å². The molecule has 0 unspecified atom stereocenters. The van der Waals surface area contributed by atoms with E-state index in [1.165, 1.54) is 0 Å². The summed E-state index contributed by atoms with van der Waals surface area (Å²) in [6.07, 6.45) is 3.17. The first-order valence-electron chi connectivity index (χ1n) is 4.19. The van der Waals surface area contributed by atoms with Gasteiger partial charge in [0.2, 0.25) is 0 Å². The van der Waals surface area contributed by atoms with Crippen molar-refractivity contribution < 1.29 is 4.79 Å². The Balaban J connectivity index is 2.84. The van der Waals surface area contributed by atoms with Crippen LogP contribution in [0.4, 0.5) is 0 Å². The third-order valence-electron chi connectivity index (χ3n) is 1.77. The summed E-state index contributed by atoms with van der Waals surface area (Å²) >= 11 is 0. The number of hydrogen-bond donors (Lipinski definition) is 2. The van der Waals surface area contributed by atoms with Crippen LogP contribution in [0.1, 0.15) is 22.5 Å². The van der Waals surface area contributed by atoms with Crippen LogP contribution in [0.25, 0.3) is 0 Å². The smallest absolute Gasteiger partial charge is 0.250 e. The fraction of sp³-hybridized carbons (Fsp3) is 0.333. The van der Waals surface area contributed by atoms with E-state index in [-0.39, 0.29) is 0 Å². The molecule has 0 bridgehead atoms. The number of nitrogens with zero attached hydrogens (tertiary/aromatic N) is 1. The molecule has 0 saturated heterocycles. The van der Waals surface area contributed by atoms with Crippen molar-refractivity contribution in [2.45, 2.75) is 12.8 Å². The highest BCUT2D eigenvalue weighted by Crippen LogP contribution is 2.06. The Kier molecular flexibility index (Phi) is 3.40. The van der Waals surface area contributed by atoms with E-state index < -0.39 is 5.91 Å². The molecule has 0 spiro atoms. The molecule has 0 aliphatic rings. The van der Waals surface area contributed by atoms with Crippen molar-refractivity contribution in [2.75, 3.05) is 6.54 Å². The van der Waals surface area contributed by atoms with Gasteiger partial charge in [-0.15, -0.1) is 0 Å². The standard InChI is InChI=1S/C9H13N3O/c10-5-1-4-8-7(9(11)13)3-2-6-12-8/h2-3,6H,1,4-5,10H2,(H2,11,13). The maximum Gasteiger partial charge on any atom is 0.250 e. The Hall–Kier alpha value is -1.42. The average Bonchev–Trinajstić information content (AvgIpc) is 2.15. The van der Waals surface area contributed by atoms with Crippen LogP contribution in [-0.4, -0.2) is 17.4 Å². The van der Waals surface area contributed by atoms with E-state index in [2.05, 4.69) is 4.98 Å². The van der Waals surface area contributed by atoms with Crippen LogP contribution in [0.3, 0.4) is 0 Å². The van der Waals surface area contributed by atoms with Crippen LogP contribution in [0.15, 0.2) is 18.3 Å². The van der Waals surface area contributed by atoms with E-state index in [9.17, 15) is 4.79 Å². The molecule has 4 nitrogen and oxygen atoms in total. The van der Waals surface area contributed by atoms with Crippen molar-refractivity contribution in [3.05, 3.63) is 29.6 Å². The maximum atomic E-state index is 10.9. The van der Waals surface area contributed by atoms with Gasteiger partial charge in [-0.3, -0.25) is 9.78 Å². The first-order chi connectivity index (χ1) is 6.25. The third-order valence-corrected chi connectivity index (χ3v) is 1.77. The van der Waals surface area contributed by atoms with E-state index >= 15 is 0 Å². The molecule has 0 saturated carbocycles. The monoisotopic (exact) mass is 179 g/mol. The molecular weight excluding hydrogens is 166 g/mol. The van der Waals surface area contributed by atoms with Gasteiger partial charge in [0, 0.05) is 6.20 Å². The van der Waals surface area contributed by atoms with Crippen LogP contribution in [0.2, 0.25) is 0 Å². The quantitative estimate of drug-likeness (QED) is 0.686. The normalized spacial score (nSPS) is 9.92. The van der Waals surface area contributed by atoms with Gasteiger partial charge in [0.15, 0.2) is 0 Å². The molecule has 1 aromatic rings. The summed E-state index contributed by atoms with van der Waals surface area (Å²) in [6.45, 7) is 0.592. The first-order valence-corrected chi connectivity index (χ1v) is 4.19. The molecule has 0 aliphatic heterocycles. The molecule has 0 radical (unpaired) electrons. The van der Waals surface area contributed by atoms with Crippen molar-refractivity contribution in [3.8, 4) is 0 Å². The predicted molar refractivity (Wildman–Crippen MR) is 50.1 cm³/mol. The number of aryl methyl sites for hydroxylation is 1. The Bertz CT molecular complexity index is 299. The molecule has 1 heterocycles. The van der Waals surface area contributed by atoms with Crippen LogP contribution in [-0.2, 0) is 6.42 Å². The van der Waals surface area contributed by atoms with E-state index in [0.717, 1.165) is 12.1 Å². The number of carbonyl (C=O) groups is 1. The van der Waals surface area contributed by atoms with E-state index in [1.54, 1.807) is 18.3 Å². The summed E-state index contributed by atoms with van der Waals surface area (Å²) in [4.78, 5) is 15.0. The minimum atomic E-state index is -0.430. The van der Waals surface area contributed by atoms with Crippen LogP contribution < -0.4 is 11.5 Å². The lowest BCUT2D eigenvalue weighted by atomic mass is 10.1. The van der Waals surface area contributed by atoms with E-state index in [4.69, 9.17) is 11.5 Å². The number of aromatic nitrogens is 1. The van der Waals surface area contributed by atoms with Crippen LogP contribution >= 0.6 is 0 Å². The van der Waals surface area contributed by atoms with Crippen molar-refractivity contribution >= 4 is 5.91 Å². The zero-order chi connectivity index (χ0) is 9.68. The lowest BCUT2D eigenvalue weighted by Crippen LogP contribution is -2.15. The van der Waals surface area contributed by atoms with Gasteiger partial charge in [-0.05, 0) is 31.5 Å². The topological polar surface area (TPSA) is 82.0 Å². The lowest BCUT2D eigenvalue weighted by molar-refractivity contribution is 0.0999. The zero-order valence-electron chi connectivity index (χ0n) is 7.36. The van der Waals surface area contributed by atoms with Gasteiger partial charge in [-0.25, -0.2) is 0 Å². The molecule has 4 N–H and O–H groups in total. The van der Waals surface area contributed by atoms with Crippen molar-refractivity contribution in [3.63, 3.8) is 0 Å². The summed E-state index contributed by atoms with van der Waals surface area (Å²) in [5, 5.41) is 0. The van der Waals surface area contributed by atoms with Gasteiger partial charge in [-0.2, -0.15) is 0 Å². The predicted octanol–water partition coefficient (Wildman–Crippen LogP) is 0.0718. The van der Waals surface area contributed by atoms with Gasteiger partial charge < -0.3 is 11.5 Å². The maximum absolute atomic E-state index is 10.9. The Labute approximate surface area is 77.0 Å². The van der Waals surface area contributed by atoms with Gasteiger partial charge in [0.05, 0.1) is 11.3 Å². The second-order valence-electron chi connectivity index (χ2n) is 2.75. The second kappa shape index (κ2) is 4.57. The van der Waals surface area contributed by atoms with Crippen molar-refractivity contribution in [1.82, 2.24) is 4.98 Å². The molecular formula is C9H13N3O. The molecule has 0 aromatic carbocycles. The Morgan fingerprint density at radius 3 is 2.92 bits per heavy atom. The first kappa shape index (κ1) is 9.67. The highest BCUT2D eigenvalue weighted by atomic mass is 16.1. The summed E-state index contributed by atoms with van der Waals surface area (Å²) in [6, 6.07) is 3.38. The molecule has 1 amide bonds. The third kappa shape index (κ3) is 2.52. The highest BCUT2D eigenvalue weighted by Gasteiger charge is 2.07. The summed E-state index contributed by atoms with van der Waals surface area (Å²) < 4.78 is 0. The fourth-order valence-electron chi connectivity index (χ4n) is 1.13. The van der Waals surface area contributed by atoms with Gasteiger partial charge >= 0.3 is 0 Å². The van der Waals surface area contributed by atoms with E-state index in [1.807, 2.05) is 0 Å². The number of nitrogens with two attached hydrogens (primary N) is 2. The van der Waals surface area contributed by atoms with E-state index in [0.29, 0.717) is 18.5 Å². The molecule has 4 heteroatoms. The van der Waals surface area contributed by atoms with Crippen molar-refractivity contribution in [1.29, 1.82) is 0 Å². The number of carbonyl (C=O) groups excluding carboxylic acids is 1. The molecule has 0 atom stereocenters. The number of rotatable bonds is 4. The summed E-state index contributed by atoms with van der Waals surface area (Å²) in [7, 11) is 0. The van der Waals surface area contributed by atoms with Crippen LogP contribution in [0.5, 0.6) is 0 Å². The molecule has 0 aliphatic carbocycles. The van der Waals surface area contributed by atoms with Gasteiger partial charge in [0.1, 0.15) is 0 Å². The second-order valence-corrected chi connectivity index (χ2v) is 2.75. The largest absolute Gasteiger partial charge is 0.366 e. The minimum absolute atomic E-state index is 0.430. The number of primary amides is 1. The molecule has 1 aromatic heterocycles. The fourth-order valence-corrected chi connectivity index (χ4v) is 1.13. The zero-order valence-corrected chi connectivity index (χ0v) is 7.36. The Morgan fingerprint density at radius 2 is 2.31 bits per heavy atom. The summed E-state index contributed by atoms with van der Waals surface area (Å²) in [5.74, 6) is -0.430. The molecule has 1 rings (SSSR count). The molecule has 70 valence electrons. The Morgan fingerprint density at radius 1 is 1.54 bits per heavy atom. The average molecular weight is 179 g/mol.